The zero-order valence-electron chi connectivity index (χ0n) is 11.4. The maximum atomic E-state index is 12.5. The second-order valence-electron chi connectivity index (χ2n) is 4.32. The van der Waals surface area contributed by atoms with Gasteiger partial charge in [-0.15, -0.1) is 11.6 Å². The van der Waals surface area contributed by atoms with Gasteiger partial charge in [0.15, 0.2) is 5.78 Å². The monoisotopic (exact) mass is 307 g/mol. The van der Waals surface area contributed by atoms with Crippen molar-refractivity contribution in [1.82, 2.24) is 9.13 Å². The first-order valence-corrected chi connectivity index (χ1v) is 6.86. The number of nitrogens with two attached hydrogens (primary N) is 1. The van der Waals surface area contributed by atoms with Crippen LogP contribution in [-0.2, 0) is 6.54 Å². The molecule has 0 saturated carbocycles. The first kappa shape index (κ1) is 15.1. The summed E-state index contributed by atoms with van der Waals surface area (Å²) in [5.41, 5.74) is 4.57. The molecule has 0 atom stereocenters. The van der Waals surface area contributed by atoms with Crippen molar-refractivity contribution in [2.45, 2.75) is 13.5 Å². The van der Waals surface area contributed by atoms with Gasteiger partial charge in [0, 0.05) is 6.54 Å². The minimum Gasteiger partial charge on any atom is -0.384 e. The molecule has 0 bridgehead atoms. The molecule has 2 aromatic rings. The molecule has 1 heterocycles. The number of ketones is 1. The van der Waals surface area contributed by atoms with E-state index in [1.54, 1.807) is 37.3 Å². The fraction of sp³-hybridized carbons (Fsp3) is 0.214. The van der Waals surface area contributed by atoms with E-state index in [9.17, 15) is 14.4 Å². The quantitative estimate of drug-likeness (QED) is 0.675. The van der Waals surface area contributed by atoms with Crippen LogP contribution in [0.1, 0.15) is 17.3 Å². The Morgan fingerprint density at radius 2 is 1.86 bits per heavy atom. The molecule has 1 aromatic carbocycles. The van der Waals surface area contributed by atoms with E-state index >= 15 is 0 Å². The predicted molar refractivity (Wildman–Crippen MR) is 81.4 cm³/mol. The average molecular weight is 308 g/mol. The Bertz CT molecular complexity index is 794. The minimum atomic E-state index is -0.751. The van der Waals surface area contributed by atoms with Gasteiger partial charge in [0.05, 0.1) is 11.6 Å². The summed E-state index contributed by atoms with van der Waals surface area (Å²) in [4.78, 5) is 36.8. The summed E-state index contributed by atoms with van der Waals surface area (Å²) >= 11 is 5.52. The van der Waals surface area contributed by atoms with Crippen molar-refractivity contribution in [3.63, 3.8) is 0 Å². The van der Waals surface area contributed by atoms with E-state index in [1.807, 2.05) is 0 Å². The molecule has 0 amide bonds. The van der Waals surface area contributed by atoms with Gasteiger partial charge < -0.3 is 5.73 Å². The van der Waals surface area contributed by atoms with Gasteiger partial charge in [-0.2, -0.15) is 0 Å². The minimum absolute atomic E-state index is 0.148. The highest BCUT2D eigenvalue weighted by atomic mass is 35.5. The third kappa shape index (κ3) is 2.50. The number of nitrogen functional groups attached to an aromatic ring is 1. The number of rotatable bonds is 4. The van der Waals surface area contributed by atoms with Crippen LogP contribution >= 0.6 is 11.6 Å². The van der Waals surface area contributed by atoms with Crippen LogP contribution in [0, 0.1) is 0 Å². The molecule has 0 aliphatic rings. The van der Waals surface area contributed by atoms with Crippen molar-refractivity contribution < 1.29 is 4.79 Å². The summed E-state index contributed by atoms with van der Waals surface area (Å²) in [6.45, 7) is 1.94. The predicted octanol–water partition coefficient (Wildman–Crippen LogP) is 1.02. The second-order valence-corrected chi connectivity index (χ2v) is 4.59. The molecule has 0 aliphatic heterocycles. The number of alkyl halides is 1. The molecule has 1 aromatic heterocycles. The number of benzene rings is 1. The van der Waals surface area contributed by atoms with Crippen molar-refractivity contribution in [2.24, 2.45) is 0 Å². The molecule has 0 fully saturated rings. The number of hydrogen-bond donors (Lipinski definition) is 1. The number of anilines is 1. The number of carbonyl (C=O) groups excluding carboxylic acids is 1. The molecule has 6 nitrogen and oxygen atoms in total. The van der Waals surface area contributed by atoms with E-state index in [2.05, 4.69) is 0 Å². The maximum Gasteiger partial charge on any atom is 0.337 e. The molecule has 0 unspecified atom stereocenters. The molecule has 0 spiro atoms. The van der Waals surface area contributed by atoms with Crippen molar-refractivity contribution in [1.29, 1.82) is 0 Å². The summed E-state index contributed by atoms with van der Waals surface area (Å²) < 4.78 is 2.10. The number of para-hydroxylation sites is 1. The van der Waals surface area contributed by atoms with Gasteiger partial charge in [-0.3, -0.25) is 14.2 Å². The topological polar surface area (TPSA) is 87.1 Å². The molecule has 2 rings (SSSR count). The summed E-state index contributed by atoms with van der Waals surface area (Å²) in [7, 11) is 0. The average Bonchev–Trinajstić information content (AvgIpc) is 2.48. The molecule has 7 heteroatoms. The summed E-state index contributed by atoms with van der Waals surface area (Å²) in [6.07, 6.45) is 0. The molecule has 21 heavy (non-hydrogen) atoms. The molecule has 110 valence electrons. The highest BCUT2D eigenvalue weighted by molar-refractivity contribution is 6.31. The van der Waals surface area contributed by atoms with Crippen molar-refractivity contribution in [3.8, 4) is 5.69 Å². The zero-order chi connectivity index (χ0) is 15.6. The van der Waals surface area contributed by atoms with Gasteiger partial charge >= 0.3 is 5.69 Å². The Morgan fingerprint density at radius 3 is 2.38 bits per heavy atom. The van der Waals surface area contributed by atoms with Gasteiger partial charge in [-0.1, -0.05) is 18.2 Å². The normalized spacial score (nSPS) is 10.6. The third-order valence-corrected chi connectivity index (χ3v) is 3.36. The van der Waals surface area contributed by atoms with E-state index < -0.39 is 17.0 Å². The van der Waals surface area contributed by atoms with Crippen LogP contribution in [0.2, 0.25) is 0 Å². The summed E-state index contributed by atoms with van der Waals surface area (Å²) in [5.74, 6) is -1.13. The summed E-state index contributed by atoms with van der Waals surface area (Å²) in [5, 5.41) is 0. The van der Waals surface area contributed by atoms with Gasteiger partial charge in [-0.25, -0.2) is 9.36 Å². The van der Waals surface area contributed by atoms with Crippen molar-refractivity contribution in [3.05, 3.63) is 56.7 Å². The lowest BCUT2D eigenvalue weighted by Gasteiger charge is -2.14. The van der Waals surface area contributed by atoms with E-state index in [0.717, 1.165) is 4.57 Å². The highest BCUT2D eigenvalue weighted by Crippen LogP contribution is 2.09. The fourth-order valence-corrected chi connectivity index (χ4v) is 2.24. The summed E-state index contributed by atoms with van der Waals surface area (Å²) in [6, 6.07) is 8.35. The van der Waals surface area contributed by atoms with Crippen molar-refractivity contribution in [2.75, 3.05) is 11.6 Å². The number of halogens is 1. The lowest BCUT2D eigenvalue weighted by Crippen LogP contribution is -2.43. The third-order valence-electron chi connectivity index (χ3n) is 3.12. The Morgan fingerprint density at radius 1 is 1.24 bits per heavy atom. The molecule has 0 saturated heterocycles. The standard InChI is InChI=1S/C14H14ClN3O3/c1-2-17-12(16)11(10(19)8-15)13(20)18(14(17)21)9-6-4-3-5-7-9/h3-7H,2,8,16H2,1H3. The smallest absolute Gasteiger partial charge is 0.337 e. The number of nitrogens with zero attached hydrogens (tertiary/aromatic N) is 2. The van der Waals surface area contributed by atoms with Gasteiger partial charge in [0.25, 0.3) is 5.56 Å². The molecule has 2 N–H and O–H groups in total. The van der Waals surface area contributed by atoms with Crippen molar-refractivity contribution >= 4 is 23.2 Å². The van der Waals surface area contributed by atoms with E-state index in [4.69, 9.17) is 17.3 Å². The number of carbonyl (C=O) groups is 1. The lowest BCUT2D eigenvalue weighted by atomic mass is 10.2. The van der Waals surface area contributed by atoms with Crippen LogP contribution in [-0.4, -0.2) is 20.8 Å². The van der Waals surface area contributed by atoms with Crippen LogP contribution < -0.4 is 17.0 Å². The Balaban J connectivity index is 2.93. The maximum absolute atomic E-state index is 12.5. The van der Waals surface area contributed by atoms with E-state index in [1.165, 1.54) is 4.57 Å². The van der Waals surface area contributed by atoms with Crippen LogP contribution in [0.15, 0.2) is 39.9 Å². The highest BCUT2D eigenvalue weighted by Gasteiger charge is 2.22. The largest absolute Gasteiger partial charge is 0.384 e. The van der Waals surface area contributed by atoms with Crippen LogP contribution in [0.5, 0.6) is 0 Å². The van der Waals surface area contributed by atoms with E-state index in [-0.39, 0.29) is 23.8 Å². The van der Waals surface area contributed by atoms with Gasteiger partial charge in [0.2, 0.25) is 0 Å². The first-order valence-electron chi connectivity index (χ1n) is 6.32. The van der Waals surface area contributed by atoms with Gasteiger partial charge in [-0.05, 0) is 19.1 Å². The SMILES string of the molecule is CCn1c(N)c(C(=O)CCl)c(=O)n(-c2ccccc2)c1=O. The molecular weight excluding hydrogens is 294 g/mol. The number of hydrogen-bond acceptors (Lipinski definition) is 4. The molecule has 0 radical (unpaired) electrons. The Hall–Kier alpha value is -2.34. The molecule has 0 aliphatic carbocycles. The zero-order valence-corrected chi connectivity index (χ0v) is 12.1. The van der Waals surface area contributed by atoms with E-state index in [0.29, 0.717) is 5.69 Å². The van der Waals surface area contributed by atoms with Crippen LogP contribution in [0.3, 0.4) is 0 Å². The molecular formula is C14H14ClN3O3. The van der Waals surface area contributed by atoms with Gasteiger partial charge in [0.1, 0.15) is 11.4 Å². The first-order chi connectivity index (χ1) is 10.0. The fourth-order valence-electron chi connectivity index (χ4n) is 2.11. The lowest BCUT2D eigenvalue weighted by molar-refractivity contribution is 0.101. The Labute approximate surface area is 125 Å². The van der Waals surface area contributed by atoms with Crippen LogP contribution in [0.25, 0.3) is 5.69 Å². The second kappa shape index (κ2) is 5.97. The Kier molecular flexibility index (Phi) is 4.28. The number of Topliss-reactive ketones (excluding diaryl/α,β-unsaturated/α-hetero) is 1. The number of aromatic nitrogens is 2. The van der Waals surface area contributed by atoms with Crippen LogP contribution in [0.4, 0.5) is 5.82 Å².